The third-order valence-electron chi connectivity index (χ3n) is 4.76. The van der Waals surface area contributed by atoms with Gasteiger partial charge in [-0.1, -0.05) is 6.42 Å². The third kappa shape index (κ3) is 5.58. The molecule has 0 saturated carbocycles. The molecule has 0 saturated heterocycles. The summed E-state index contributed by atoms with van der Waals surface area (Å²) in [6, 6.07) is 15.0. The van der Waals surface area contributed by atoms with Crippen LogP contribution in [0.2, 0.25) is 0 Å². The molecule has 0 spiro atoms. The van der Waals surface area contributed by atoms with Crippen molar-refractivity contribution in [2.24, 2.45) is 4.99 Å². The van der Waals surface area contributed by atoms with Gasteiger partial charge in [0.2, 0.25) is 0 Å². The Kier molecular flexibility index (Phi) is 8.51. The van der Waals surface area contributed by atoms with Gasteiger partial charge in [0.1, 0.15) is 17.3 Å². The topological polar surface area (TPSA) is 51.1 Å². The SMILES string of the molecule is Br.COc1ccc(C(=O)CN(C2=NCCCCC2)c2ccc(OC)cc2)cc1. The lowest BCUT2D eigenvalue weighted by molar-refractivity contribution is 0.100. The van der Waals surface area contributed by atoms with E-state index >= 15 is 0 Å². The highest BCUT2D eigenvalue weighted by Gasteiger charge is 2.19. The number of carbonyl (C=O) groups is 1. The van der Waals surface area contributed by atoms with Crippen molar-refractivity contribution in [1.82, 2.24) is 0 Å². The van der Waals surface area contributed by atoms with E-state index in [9.17, 15) is 4.79 Å². The number of anilines is 1. The fourth-order valence-electron chi connectivity index (χ4n) is 3.18. The first-order chi connectivity index (χ1) is 13.2. The predicted molar refractivity (Wildman–Crippen MR) is 119 cm³/mol. The molecule has 1 heterocycles. The van der Waals surface area contributed by atoms with Crippen molar-refractivity contribution in [2.45, 2.75) is 25.7 Å². The molecule has 1 aliphatic heterocycles. The molecule has 150 valence electrons. The van der Waals surface area contributed by atoms with Crippen molar-refractivity contribution in [2.75, 3.05) is 32.2 Å². The van der Waals surface area contributed by atoms with E-state index in [0.29, 0.717) is 5.56 Å². The highest BCUT2D eigenvalue weighted by molar-refractivity contribution is 8.93. The predicted octanol–water partition coefficient (Wildman–Crippen LogP) is 4.94. The first-order valence-corrected chi connectivity index (χ1v) is 9.33. The Balaban J connectivity index is 0.00000280. The van der Waals surface area contributed by atoms with Gasteiger partial charge in [-0.05, 0) is 61.4 Å². The zero-order valence-electron chi connectivity index (χ0n) is 16.4. The second-order valence-electron chi connectivity index (χ2n) is 6.54. The summed E-state index contributed by atoms with van der Waals surface area (Å²) in [5.41, 5.74) is 1.63. The van der Waals surface area contributed by atoms with Gasteiger partial charge < -0.3 is 14.4 Å². The van der Waals surface area contributed by atoms with Crippen LogP contribution in [0.3, 0.4) is 0 Å². The number of ketones is 1. The summed E-state index contributed by atoms with van der Waals surface area (Å²) < 4.78 is 10.4. The number of nitrogens with zero attached hydrogens (tertiary/aromatic N) is 2. The van der Waals surface area contributed by atoms with Gasteiger partial charge in [-0.15, -0.1) is 17.0 Å². The zero-order valence-corrected chi connectivity index (χ0v) is 18.1. The first kappa shape index (κ1) is 22.0. The maximum absolute atomic E-state index is 12.9. The molecule has 0 aromatic heterocycles. The van der Waals surface area contributed by atoms with Gasteiger partial charge in [-0.2, -0.15) is 0 Å². The molecule has 0 amide bonds. The molecular formula is C22H27BrN2O3. The van der Waals surface area contributed by atoms with Crippen LogP contribution in [0.25, 0.3) is 0 Å². The standard InChI is InChI=1S/C22H26N2O3.BrH/c1-26-19-11-7-17(8-12-19)21(25)16-24(22-6-4-3-5-15-23-22)18-9-13-20(27-2)14-10-18;/h7-14H,3-6,15-16H2,1-2H3;1H. The minimum atomic E-state index is 0. The Morgan fingerprint density at radius 2 is 1.54 bits per heavy atom. The normalized spacial score (nSPS) is 13.6. The van der Waals surface area contributed by atoms with Crippen LogP contribution >= 0.6 is 17.0 Å². The van der Waals surface area contributed by atoms with Crippen LogP contribution in [0.4, 0.5) is 5.69 Å². The quantitative estimate of drug-likeness (QED) is 0.589. The molecule has 28 heavy (non-hydrogen) atoms. The number of carbonyl (C=O) groups excluding carboxylic acids is 1. The molecule has 0 radical (unpaired) electrons. The number of hydrogen-bond donors (Lipinski definition) is 0. The molecule has 2 aromatic rings. The van der Waals surface area contributed by atoms with Crippen molar-refractivity contribution < 1.29 is 14.3 Å². The summed E-state index contributed by atoms with van der Waals surface area (Å²) in [5, 5.41) is 0. The van der Waals surface area contributed by atoms with Gasteiger partial charge in [0, 0.05) is 24.2 Å². The summed E-state index contributed by atoms with van der Waals surface area (Å²) in [7, 11) is 3.27. The van der Waals surface area contributed by atoms with Gasteiger partial charge in [0.15, 0.2) is 5.78 Å². The lowest BCUT2D eigenvalue weighted by atomic mass is 10.1. The maximum Gasteiger partial charge on any atom is 0.182 e. The molecule has 0 fully saturated rings. The lowest BCUT2D eigenvalue weighted by Crippen LogP contribution is -2.36. The van der Waals surface area contributed by atoms with Gasteiger partial charge in [0.25, 0.3) is 0 Å². The van der Waals surface area contributed by atoms with E-state index in [1.807, 2.05) is 53.4 Å². The summed E-state index contributed by atoms with van der Waals surface area (Å²) in [6.45, 7) is 1.08. The average Bonchev–Trinajstić information content (AvgIpc) is 3.01. The van der Waals surface area contributed by atoms with E-state index in [0.717, 1.165) is 48.8 Å². The summed E-state index contributed by atoms with van der Waals surface area (Å²) in [5.74, 6) is 2.58. The Hall–Kier alpha value is -2.34. The van der Waals surface area contributed by atoms with E-state index in [1.54, 1.807) is 14.2 Å². The van der Waals surface area contributed by atoms with Crippen LogP contribution in [-0.2, 0) is 0 Å². The Morgan fingerprint density at radius 1 is 0.929 bits per heavy atom. The highest BCUT2D eigenvalue weighted by Crippen LogP contribution is 2.23. The van der Waals surface area contributed by atoms with E-state index < -0.39 is 0 Å². The van der Waals surface area contributed by atoms with E-state index in [2.05, 4.69) is 0 Å². The molecule has 0 bridgehead atoms. The number of amidine groups is 1. The summed E-state index contributed by atoms with van der Waals surface area (Å²) in [4.78, 5) is 19.7. The lowest BCUT2D eigenvalue weighted by Gasteiger charge is -2.26. The molecule has 5 nitrogen and oxygen atoms in total. The van der Waals surface area contributed by atoms with Crippen LogP contribution in [0.1, 0.15) is 36.0 Å². The minimum absolute atomic E-state index is 0. The van der Waals surface area contributed by atoms with Crippen LogP contribution in [-0.4, -0.2) is 38.9 Å². The van der Waals surface area contributed by atoms with Crippen molar-refractivity contribution >= 4 is 34.3 Å². The zero-order chi connectivity index (χ0) is 19.1. The van der Waals surface area contributed by atoms with Crippen LogP contribution < -0.4 is 14.4 Å². The number of methoxy groups -OCH3 is 2. The fourth-order valence-corrected chi connectivity index (χ4v) is 3.18. The Bertz CT molecular complexity index is 788. The maximum atomic E-state index is 12.9. The van der Waals surface area contributed by atoms with Crippen LogP contribution in [0, 0.1) is 0 Å². The van der Waals surface area contributed by atoms with E-state index in [-0.39, 0.29) is 29.3 Å². The van der Waals surface area contributed by atoms with Crippen molar-refractivity contribution in [3.8, 4) is 11.5 Å². The second kappa shape index (κ2) is 10.9. The second-order valence-corrected chi connectivity index (χ2v) is 6.54. The highest BCUT2D eigenvalue weighted by atomic mass is 79.9. The largest absolute Gasteiger partial charge is 0.497 e. The smallest absolute Gasteiger partial charge is 0.182 e. The van der Waals surface area contributed by atoms with Gasteiger partial charge in [-0.3, -0.25) is 9.79 Å². The molecule has 0 N–H and O–H groups in total. The summed E-state index contributed by atoms with van der Waals surface area (Å²) in [6.07, 6.45) is 4.27. The van der Waals surface area contributed by atoms with E-state index in [1.165, 1.54) is 6.42 Å². The summed E-state index contributed by atoms with van der Waals surface area (Å²) >= 11 is 0. The molecule has 2 aromatic carbocycles. The van der Waals surface area contributed by atoms with Gasteiger partial charge >= 0.3 is 0 Å². The minimum Gasteiger partial charge on any atom is -0.497 e. The number of ether oxygens (including phenoxy) is 2. The number of hydrogen-bond acceptors (Lipinski definition) is 5. The van der Waals surface area contributed by atoms with Crippen LogP contribution in [0.5, 0.6) is 11.5 Å². The van der Waals surface area contributed by atoms with Gasteiger partial charge in [0.05, 0.1) is 20.8 Å². The van der Waals surface area contributed by atoms with Crippen molar-refractivity contribution in [3.05, 3.63) is 54.1 Å². The molecular weight excluding hydrogens is 420 g/mol. The van der Waals surface area contributed by atoms with Crippen LogP contribution in [0.15, 0.2) is 53.5 Å². The molecule has 3 rings (SSSR count). The fraction of sp³-hybridized carbons (Fsp3) is 0.364. The molecule has 0 aliphatic carbocycles. The number of halogens is 1. The molecule has 0 atom stereocenters. The third-order valence-corrected chi connectivity index (χ3v) is 4.76. The Morgan fingerprint density at radius 3 is 2.14 bits per heavy atom. The molecule has 6 heteroatoms. The number of benzene rings is 2. The van der Waals surface area contributed by atoms with Crippen molar-refractivity contribution in [1.29, 1.82) is 0 Å². The molecule has 1 aliphatic rings. The van der Waals surface area contributed by atoms with Crippen molar-refractivity contribution in [3.63, 3.8) is 0 Å². The Labute approximate surface area is 177 Å². The number of aliphatic imine (C=N–C) groups is 1. The number of rotatable bonds is 6. The van der Waals surface area contributed by atoms with E-state index in [4.69, 9.17) is 14.5 Å². The van der Waals surface area contributed by atoms with Gasteiger partial charge in [-0.25, -0.2) is 0 Å². The number of Topliss-reactive ketones (excluding diaryl/α,β-unsaturated/α-hetero) is 1. The first-order valence-electron chi connectivity index (χ1n) is 9.33. The average molecular weight is 447 g/mol. The monoisotopic (exact) mass is 446 g/mol. The molecule has 0 unspecified atom stereocenters.